The van der Waals surface area contributed by atoms with E-state index in [2.05, 4.69) is 58.5 Å². The van der Waals surface area contributed by atoms with Crippen molar-refractivity contribution in [3.63, 3.8) is 0 Å². The summed E-state index contributed by atoms with van der Waals surface area (Å²) in [6.07, 6.45) is 14.0. The number of rotatable bonds is 9. The van der Waals surface area contributed by atoms with Crippen LogP contribution in [0.25, 0.3) is 0 Å². The van der Waals surface area contributed by atoms with E-state index in [1.54, 1.807) is 0 Å². The topological polar surface area (TPSA) is 84.5 Å². The minimum atomic E-state index is -6.59. The van der Waals surface area contributed by atoms with Crippen molar-refractivity contribution in [3.8, 4) is 0 Å². The van der Waals surface area contributed by atoms with Crippen LogP contribution >= 0.6 is 0 Å². The molecule has 0 spiro atoms. The van der Waals surface area contributed by atoms with Crippen molar-refractivity contribution >= 4 is 20.0 Å². The Morgan fingerprint density at radius 2 is 1.00 bits per heavy atom. The van der Waals surface area contributed by atoms with Gasteiger partial charge in [-0.25, -0.2) is 16.8 Å². The second kappa shape index (κ2) is 12.9. The smallest absolute Gasteiger partial charge is 0.362 e. The molecule has 0 radical (unpaired) electrons. The fourth-order valence-electron chi connectivity index (χ4n) is 2.87. The third kappa shape index (κ3) is 9.59. The molecule has 0 unspecified atom stereocenters. The van der Waals surface area contributed by atoms with Crippen molar-refractivity contribution in [1.82, 2.24) is 23.3 Å². The fourth-order valence-corrected chi connectivity index (χ4v) is 5.00. The monoisotopic (exact) mass is 561 g/mol. The van der Waals surface area contributed by atoms with Crippen LogP contribution in [0.3, 0.4) is 0 Å². The van der Waals surface area contributed by atoms with E-state index in [-0.39, 0.29) is 14.5 Å². The van der Waals surface area contributed by atoms with E-state index in [0.29, 0.717) is 0 Å². The van der Waals surface area contributed by atoms with E-state index < -0.39 is 34.8 Å². The lowest BCUT2D eigenvalue weighted by atomic mass is 10.2. The molecule has 0 fully saturated rings. The number of hydrogen-bond acceptors (Lipinski definition) is 8. The van der Waals surface area contributed by atoms with Crippen molar-refractivity contribution in [2.45, 2.75) is 44.1 Å². The van der Waals surface area contributed by atoms with Crippen LogP contribution in [0.5, 0.6) is 0 Å². The second-order valence-corrected chi connectivity index (χ2v) is 11.9. The van der Waals surface area contributed by atoms with Crippen LogP contribution in [0.15, 0.2) is 24.8 Å². The standard InChI is InChI=1S/C14H26N4.C3H3F6NO4S2.CH4/c1-15-9-11-17(13-15)7-5-3-4-6-8-18-12-10-16(2)14-18;1-10(15(11,12)2(4,5)6)16(13,14)3(7,8)9;/h9-12H,3-8,13-14H2,1-2H3;1H3;1H4. The lowest BCUT2D eigenvalue weighted by Gasteiger charge is -2.19. The molecule has 0 atom stereocenters. The number of alkyl halides is 6. The van der Waals surface area contributed by atoms with E-state index in [4.69, 9.17) is 0 Å². The van der Waals surface area contributed by atoms with Gasteiger partial charge < -0.3 is 19.6 Å². The Morgan fingerprint density at radius 3 is 1.23 bits per heavy atom. The third-order valence-corrected chi connectivity index (χ3v) is 8.48. The highest BCUT2D eigenvalue weighted by Gasteiger charge is 2.59. The number of sulfonamides is 2. The number of hydrogen-bond donors (Lipinski definition) is 0. The van der Waals surface area contributed by atoms with Crippen molar-refractivity contribution in [3.05, 3.63) is 24.8 Å². The maximum Gasteiger partial charge on any atom is 0.512 e. The van der Waals surface area contributed by atoms with Gasteiger partial charge in [0.05, 0.1) is 13.3 Å². The molecule has 17 heteroatoms. The molecule has 208 valence electrons. The van der Waals surface area contributed by atoms with Crippen LogP contribution in [0.2, 0.25) is 0 Å². The molecule has 0 amide bonds. The second-order valence-electron chi connectivity index (χ2n) is 7.71. The van der Waals surface area contributed by atoms with E-state index in [1.807, 2.05) is 0 Å². The first kappa shape index (κ1) is 33.1. The zero-order chi connectivity index (χ0) is 26.4. The maximum absolute atomic E-state index is 11.7. The summed E-state index contributed by atoms with van der Waals surface area (Å²) in [5.41, 5.74) is -12.3. The molecule has 0 aromatic heterocycles. The Labute approximate surface area is 203 Å². The predicted molar refractivity (Wildman–Crippen MR) is 120 cm³/mol. The highest BCUT2D eigenvalue weighted by Crippen LogP contribution is 2.33. The van der Waals surface area contributed by atoms with Crippen molar-refractivity contribution in [1.29, 1.82) is 0 Å². The summed E-state index contributed by atoms with van der Waals surface area (Å²) in [6.45, 7) is 4.52. The van der Waals surface area contributed by atoms with Crippen molar-refractivity contribution < 1.29 is 43.2 Å². The van der Waals surface area contributed by atoms with Crippen LogP contribution in [0.4, 0.5) is 26.3 Å². The summed E-state index contributed by atoms with van der Waals surface area (Å²) >= 11 is 0. The lowest BCUT2D eigenvalue weighted by molar-refractivity contribution is -0.0523. The van der Waals surface area contributed by atoms with Gasteiger partial charge in [0, 0.05) is 59.0 Å². The minimum Gasteiger partial charge on any atom is -0.362 e. The highest BCUT2D eigenvalue weighted by molar-refractivity contribution is 8.04. The third-order valence-electron chi connectivity index (χ3n) is 4.78. The van der Waals surface area contributed by atoms with Gasteiger partial charge in [0.1, 0.15) is 0 Å². The lowest BCUT2D eigenvalue weighted by Crippen LogP contribution is -2.46. The summed E-state index contributed by atoms with van der Waals surface area (Å²) < 4.78 is 110. The molecule has 0 saturated heterocycles. The molecule has 0 aromatic carbocycles. The van der Waals surface area contributed by atoms with Crippen LogP contribution in [0.1, 0.15) is 33.1 Å². The summed E-state index contributed by atoms with van der Waals surface area (Å²) in [4.78, 5) is 9.21. The van der Waals surface area contributed by atoms with Gasteiger partial charge in [-0.15, -0.1) is 0 Å². The minimum absolute atomic E-state index is 0. The van der Waals surface area contributed by atoms with Crippen molar-refractivity contribution in [2.75, 3.05) is 47.6 Å². The first-order chi connectivity index (χ1) is 15.4. The first-order valence-corrected chi connectivity index (χ1v) is 12.9. The van der Waals surface area contributed by atoms with Crippen LogP contribution < -0.4 is 0 Å². The van der Waals surface area contributed by atoms with E-state index >= 15 is 0 Å². The number of nitrogens with zero attached hydrogens (tertiary/aromatic N) is 5. The average molecular weight is 562 g/mol. The van der Waals surface area contributed by atoms with Crippen LogP contribution in [-0.2, 0) is 20.0 Å². The number of halogens is 6. The fraction of sp³-hybridized carbons (Fsp3) is 0.778. The van der Waals surface area contributed by atoms with Crippen LogP contribution in [0, 0.1) is 0 Å². The van der Waals surface area contributed by atoms with Gasteiger partial charge in [-0.1, -0.05) is 24.0 Å². The zero-order valence-electron chi connectivity index (χ0n) is 18.9. The molecule has 2 aliphatic rings. The summed E-state index contributed by atoms with van der Waals surface area (Å²) in [6, 6.07) is 0. The van der Waals surface area contributed by atoms with E-state index in [1.165, 1.54) is 38.8 Å². The van der Waals surface area contributed by atoms with Gasteiger partial charge in [-0.2, -0.15) is 26.3 Å². The molecule has 0 saturated carbocycles. The molecule has 9 nitrogen and oxygen atoms in total. The summed E-state index contributed by atoms with van der Waals surface area (Å²) in [5, 5.41) is 0. The van der Waals surface area contributed by atoms with E-state index in [9.17, 15) is 43.2 Å². The van der Waals surface area contributed by atoms with Gasteiger partial charge in [0.15, 0.2) is 0 Å². The molecule has 0 N–H and O–H groups in total. The average Bonchev–Trinajstić information content (AvgIpc) is 3.30. The largest absolute Gasteiger partial charge is 0.512 e. The molecule has 0 aliphatic carbocycles. The molecular weight excluding hydrogens is 528 g/mol. The molecule has 2 heterocycles. The maximum atomic E-state index is 11.7. The number of unbranched alkanes of at least 4 members (excludes halogenated alkanes) is 3. The Kier molecular flexibility index (Phi) is 12.2. The summed E-state index contributed by atoms with van der Waals surface area (Å²) in [5.74, 6) is 0. The highest BCUT2D eigenvalue weighted by atomic mass is 32.3. The first-order valence-electron chi connectivity index (χ1n) is 10.0. The van der Waals surface area contributed by atoms with Crippen LogP contribution in [-0.4, -0.2) is 98.7 Å². The molecule has 2 aliphatic heterocycles. The Bertz CT molecular complexity index is 849. The Balaban J connectivity index is 0.000000648. The Hall–Kier alpha value is -1.88. The van der Waals surface area contributed by atoms with Crippen molar-refractivity contribution in [2.24, 2.45) is 0 Å². The molecule has 2 rings (SSSR count). The van der Waals surface area contributed by atoms with Gasteiger partial charge in [0.25, 0.3) is 0 Å². The molecular formula is C18H33F6N5O4S2. The molecule has 35 heavy (non-hydrogen) atoms. The molecule has 0 bridgehead atoms. The molecule has 0 aromatic rings. The SMILES string of the molecule is C.CN(S(=O)(=O)C(F)(F)F)S(=O)(=O)C(F)(F)F.CN1C=CN(CCCCCCN2C=CN(C)C2)C1. The summed E-state index contributed by atoms with van der Waals surface area (Å²) in [7, 11) is -9.30. The van der Waals surface area contributed by atoms with Gasteiger partial charge in [0.2, 0.25) is 0 Å². The normalized spacial score (nSPS) is 16.6. The quantitative estimate of drug-likeness (QED) is 0.314. The Morgan fingerprint density at radius 1 is 0.686 bits per heavy atom. The van der Waals surface area contributed by atoms with E-state index in [0.717, 1.165) is 13.3 Å². The predicted octanol–water partition coefficient (Wildman–Crippen LogP) is 3.15. The van der Waals surface area contributed by atoms with Gasteiger partial charge in [-0.05, 0) is 12.8 Å². The van der Waals surface area contributed by atoms with Gasteiger partial charge >= 0.3 is 31.1 Å². The van der Waals surface area contributed by atoms with Gasteiger partial charge in [-0.3, -0.25) is 0 Å². The zero-order valence-corrected chi connectivity index (χ0v) is 20.6.